The van der Waals surface area contributed by atoms with Crippen molar-refractivity contribution in [1.29, 1.82) is 0 Å². The number of methoxy groups -OCH3 is 1. The van der Waals surface area contributed by atoms with Crippen molar-refractivity contribution in [2.45, 2.75) is 6.42 Å². The zero-order valence-electron chi connectivity index (χ0n) is 9.85. The van der Waals surface area contributed by atoms with Gasteiger partial charge in [0, 0.05) is 17.0 Å². The van der Waals surface area contributed by atoms with Gasteiger partial charge in [-0.3, -0.25) is 0 Å². The maximum absolute atomic E-state index is 5.61. The number of pyridine rings is 1. The third kappa shape index (κ3) is 2.47. The van der Waals surface area contributed by atoms with Gasteiger partial charge in [0.15, 0.2) is 0 Å². The zero-order chi connectivity index (χ0) is 12.1. The van der Waals surface area contributed by atoms with E-state index in [1.54, 1.807) is 13.3 Å². The van der Waals surface area contributed by atoms with E-state index in [1.165, 1.54) is 0 Å². The highest BCUT2D eigenvalue weighted by Crippen LogP contribution is 2.30. The van der Waals surface area contributed by atoms with Crippen LogP contribution in [0.1, 0.15) is 6.42 Å². The number of hydrogen-bond donors (Lipinski definition) is 1. The maximum Gasteiger partial charge on any atom is 0.221 e. The summed E-state index contributed by atoms with van der Waals surface area (Å²) < 4.78 is 10.9. The van der Waals surface area contributed by atoms with Crippen LogP contribution in [-0.4, -0.2) is 25.2 Å². The summed E-state index contributed by atoms with van der Waals surface area (Å²) in [7, 11) is 1.66. The molecule has 0 amide bonds. The number of hydrogen-bond acceptors (Lipinski definition) is 4. The Labute approximate surface area is 100 Å². The van der Waals surface area contributed by atoms with Crippen molar-refractivity contribution in [1.82, 2.24) is 4.98 Å². The lowest BCUT2D eigenvalue weighted by Crippen LogP contribution is -2.07. The molecule has 17 heavy (non-hydrogen) atoms. The molecule has 2 aromatic rings. The summed E-state index contributed by atoms with van der Waals surface area (Å²) in [4.78, 5) is 4.24. The summed E-state index contributed by atoms with van der Waals surface area (Å²) in [6, 6.07) is 7.75. The van der Waals surface area contributed by atoms with Crippen LogP contribution < -0.4 is 15.2 Å². The second-order valence-electron chi connectivity index (χ2n) is 3.66. The fourth-order valence-electron chi connectivity index (χ4n) is 1.70. The monoisotopic (exact) mass is 232 g/mol. The van der Waals surface area contributed by atoms with E-state index in [9.17, 15) is 0 Å². The second kappa shape index (κ2) is 5.50. The number of ether oxygens (including phenoxy) is 2. The van der Waals surface area contributed by atoms with E-state index in [2.05, 4.69) is 4.98 Å². The van der Waals surface area contributed by atoms with Crippen molar-refractivity contribution >= 4 is 10.8 Å². The van der Waals surface area contributed by atoms with Crippen molar-refractivity contribution in [3.63, 3.8) is 0 Å². The van der Waals surface area contributed by atoms with Gasteiger partial charge < -0.3 is 15.2 Å². The molecule has 0 bridgehead atoms. The van der Waals surface area contributed by atoms with Crippen LogP contribution in [0.15, 0.2) is 30.5 Å². The Kier molecular flexibility index (Phi) is 3.77. The average Bonchev–Trinajstić information content (AvgIpc) is 2.38. The molecule has 0 aliphatic heterocycles. The van der Waals surface area contributed by atoms with Gasteiger partial charge in [-0.2, -0.15) is 0 Å². The molecule has 0 fully saturated rings. The number of nitrogens with zero attached hydrogens (tertiary/aromatic N) is 1. The Hall–Kier alpha value is -1.81. The molecule has 4 heteroatoms. The molecule has 1 aromatic heterocycles. The largest absolute Gasteiger partial charge is 0.496 e. The average molecular weight is 232 g/mol. The van der Waals surface area contributed by atoms with E-state index in [-0.39, 0.29) is 0 Å². The predicted molar refractivity (Wildman–Crippen MR) is 67.5 cm³/mol. The summed E-state index contributed by atoms with van der Waals surface area (Å²) in [5.41, 5.74) is 5.43. The normalized spacial score (nSPS) is 10.5. The minimum Gasteiger partial charge on any atom is -0.496 e. The van der Waals surface area contributed by atoms with Crippen LogP contribution in [0.2, 0.25) is 0 Å². The number of nitrogens with two attached hydrogens (primary N) is 1. The van der Waals surface area contributed by atoms with E-state index in [1.807, 2.05) is 24.3 Å². The highest BCUT2D eigenvalue weighted by molar-refractivity contribution is 5.91. The van der Waals surface area contributed by atoms with Gasteiger partial charge in [0.2, 0.25) is 5.88 Å². The van der Waals surface area contributed by atoms with Crippen molar-refractivity contribution in [3.05, 3.63) is 30.5 Å². The molecule has 0 radical (unpaired) electrons. The van der Waals surface area contributed by atoms with Crippen LogP contribution in [0.3, 0.4) is 0 Å². The summed E-state index contributed by atoms with van der Waals surface area (Å²) in [5.74, 6) is 1.46. The molecule has 1 aromatic carbocycles. The molecule has 2 rings (SSSR count). The van der Waals surface area contributed by atoms with Crippen molar-refractivity contribution in [2.75, 3.05) is 20.3 Å². The minimum atomic E-state index is 0.583. The van der Waals surface area contributed by atoms with Crippen molar-refractivity contribution in [2.24, 2.45) is 5.73 Å². The lowest BCUT2D eigenvalue weighted by atomic mass is 10.1. The molecule has 2 N–H and O–H groups in total. The highest BCUT2D eigenvalue weighted by Gasteiger charge is 2.06. The molecule has 90 valence electrons. The topological polar surface area (TPSA) is 57.4 Å². The lowest BCUT2D eigenvalue weighted by molar-refractivity contribution is 0.305. The van der Waals surface area contributed by atoms with Crippen LogP contribution in [0.4, 0.5) is 0 Å². The van der Waals surface area contributed by atoms with Gasteiger partial charge in [-0.25, -0.2) is 4.98 Å². The molecule has 4 nitrogen and oxygen atoms in total. The lowest BCUT2D eigenvalue weighted by Gasteiger charge is -2.09. The molecule has 1 heterocycles. The smallest absolute Gasteiger partial charge is 0.221 e. The number of rotatable bonds is 5. The molecule has 0 unspecified atom stereocenters. The van der Waals surface area contributed by atoms with Crippen LogP contribution in [0.5, 0.6) is 11.6 Å². The summed E-state index contributed by atoms with van der Waals surface area (Å²) >= 11 is 0. The third-order valence-corrected chi connectivity index (χ3v) is 2.54. The molecule has 0 saturated carbocycles. The minimum absolute atomic E-state index is 0.583. The SMILES string of the molecule is COc1cccc2c(OCCCN)nccc12. The molecule has 0 aliphatic carbocycles. The molecular weight excluding hydrogens is 216 g/mol. The number of benzene rings is 1. The predicted octanol–water partition coefficient (Wildman–Crippen LogP) is 1.97. The molecule has 0 atom stereocenters. The first-order chi connectivity index (χ1) is 8.36. The van der Waals surface area contributed by atoms with Gasteiger partial charge in [-0.05, 0) is 31.2 Å². The fraction of sp³-hybridized carbons (Fsp3) is 0.308. The van der Waals surface area contributed by atoms with Crippen LogP contribution >= 0.6 is 0 Å². The quantitative estimate of drug-likeness (QED) is 0.801. The third-order valence-electron chi connectivity index (χ3n) is 2.54. The zero-order valence-corrected chi connectivity index (χ0v) is 9.85. The van der Waals surface area contributed by atoms with E-state index in [0.717, 1.165) is 22.9 Å². The van der Waals surface area contributed by atoms with E-state index >= 15 is 0 Å². The Bertz CT molecular complexity index is 500. The molecule has 0 spiro atoms. The Morgan fingerprint density at radius 2 is 2.12 bits per heavy atom. The maximum atomic E-state index is 5.61. The molecule has 0 aliphatic rings. The molecular formula is C13H16N2O2. The summed E-state index contributed by atoms with van der Waals surface area (Å²) in [5, 5.41) is 1.97. The van der Waals surface area contributed by atoms with Gasteiger partial charge >= 0.3 is 0 Å². The van der Waals surface area contributed by atoms with Gasteiger partial charge in [0.1, 0.15) is 5.75 Å². The van der Waals surface area contributed by atoms with E-state index < -0.39 is 0 Å². The summed E-state index contributed by atoms with van der Waals surface area (Å²) in [6.07, 6.45) is 2.55. The summed E-state index contributed by atoms with van der Waals surface area (Å²) in [6.45, 7) is 1.20. The standard InChI is InChI=1S/C13H16N2O2/c1-16-12-5-2-4-11-10(12)6-8-15-13(11)17-9-3-7-14/h2,4-6,8H,3,7,9,14H2,1H3. The van der Waals surface area contributed by atoms with Gasteiger partial charge in [-0.15, -0.1) is 0 Å². The first kappa shape index (κ1) is 11.7. The Morgan fingerprint density at radius 3 is 2.88 bits per heavy atom. The first-order valence-electron chi connectivity index (χ1n) is 5.61. The van der Waals surface area contributed by atoms with E-state index in [0.29, 0.717) is 19.0 Å². The van der Waals surface area contributed by atoms with Gasteiger partial charge in [0.25, 0.3) is 0 Å². The fourth-order valence-corrected chi connectivity index (χ4v) is 1.70. The van der Waals surface area contributed by atoms with Crippen LogP contribution in [0.25, 0.3) is 10.8 Å². The van der Waals surface area contributed by atoms with Gasteiger partial charge in [-0.1, -0.05) is 6.07 Å². The first-order valence-corrected chi connectivity index (χ1v) is 5.61. The van der Waals surface area contributed by atoms with Crippen LogP contribution in [-0.2, 0) is 0 Å². The van der Waals surface area contributed by atoms with Crippen molar-refractivity contribution < 1.29 is 9.47 Å². The Balaban J connectivity index is 2.36. The van der Waals surface area contributed by atoms with Crippen molar-refractivity contribution in [3.8, 4) is 11.6 Å². The highest BCUT2D eigenvalue weighted by atomic mass is 16.5. The second-order valence-corrected chi connectivity index (χ2v) is 3.66. The molecule has 0 saturated heterocycles. The number of aromatic nitrogens is 1. The Morgan fingerprint density at radius 1 is 1.24 bits per heavy atom. The number of fused-ring (bicyclic) bond motifs is 1. The van der Waals surface area contributed by atoms with E-state index in [4.69, 9.17) is 15.2 Å². The van der Waals surface area contributed by atoms with Gasteiger partial charge in [0.05, 0.1) is 13.7 Å². The van der Waals surface area contributed by atoms with Crippen LogP contribution in [0, 0.1) is 0 Å².